The Kier molecular flexibility index (Phi) is 7.71. The van der Waals surface area contributed by atoms with E-state index in [-0.39, 0.29) is 11.8 Å². The summed E-state index contributed by atoms with van der Waals surface area (Å²) in [5, 5.41) is 6.81. The summed E-state index contributed by atoms with van der Waals surface area (Å²) < 4.78 is 5.49. The molecular weight excluding hydrogens is 434 g/mol. The molecule has 2 N–H and O–H groups in total. The molecule has 33 heavy (non-hydrogen) atoms. The number of thiophene rings is 1. The number of likely N-dealkylation sites (tertiary alicyclic amines) is 1. The Hall–Kier alpha value is -2.38. The molecule has 0 spiro atoms. The summed E-state index contributed by atoms with van der Waals surface area (Å²) in [5.74, 6) is 1.17. The number of hydrogen-bond acceptors (Lipinski definition) is 5. The number of fused-ring (bicyclic) bond motifs is 1. The van der Waals surface area contributed by atoms with Gasteiger partial charge < -0.3 is 15.4 Å². The molecule has 2 heterocycles. The van der Waals surface area contributed by atoms with Crippen molar-refractivity contribution in [2.45, 2.75) is 65.3 Å². The number of hydrogen-bond donors (Lipinski definition) is 2. The van der Waals surface area contributed by atoms with Gasteiger partial charge in [0.1, 0.15) is 10.8 Å². The fourth-order valence-electron chi connectivity index (χ4n) is 4.82. The highest BCUT2D eigenvalue weighted by molar-refractivity contribution is 7.17. The lowest BCUT2D eigenvalue weighted by molar-refractivity contribution is -0.118. The zero-order valence-electron chi connectivity index (χ0n) is 19.9. The van der Waals surface area contributed by atoms with Crippen LogP contribution in [0.3, 0.4) is 0 Å². The van der Waals surface area contributed by atoms with Crippen LogP contribution in [0.2, 0.25) is 0 Å². The first-order valence-electron chi connectivity index (χ1n) is 12.2. The van der Waals surface area contributed by atoms with Gasteiger partial charge in [-0.05, 0) is 88.2 Å². The van der Waals surface area contributed by atoms with Crippen LogP contribution in [-0.2, 0) is 17.6 Å². The van der Waals surface area contributed by atoms with Crippen molar-refractivity contribution in [2.24, 2.45) is 5.92 Å². The minimum absolute atomic E-state index is 0.0366. The van der Waals surface area contributed by atoms with E-state index in [4.69, 9.17) is 4.74 Å². The molecule has 1 saturated heterocycles. The van der Waals surface area contributed by atoms with Gasteiger partial charge in [-0.3, -0.25) is 14.5 Å². The summed E-state index contributed by atoms with van der Waals surface area (Å²) in [7, 11) is 0. The molecular formula is C26H35N3O3S. The van der Waals surface area contributed by atoms with Crippen molar-refractivity contribution in [1.82, 2.24) is 4.90 Å². The summed E-state index contributed by atoms with van der Waals surface area (Å²) in [4.78, 5) is 29.8. The molecule has 0 saturated carbocycles. The van der Waals surface area contributed by atoms with Crippen molar-refractivity contribution in [3.05, 3.63) is 40.3 Å². The molecule has 1 aliphatic heterocycles. The Bertz CT molecular complexity index is 985. The van der Waals surface area contributed by atoms with Crippen LogP contribution in [-0.4, -0.2) is 42.5 Å². The molecule has 1 fully saturated rings. The molecule has 2 atom stereocenters. The van der Waals surface area contributed by atoms with E-state index in [1.54, 1.807) is 11.3 Å². The van der Waals surface area contributed by atoms with Gasteiger partial charge in [0.05, 0.1) is 18.7 Å². The number of anilines is 2. The second-order valence-corrected chi connectivity index (χ2v) is 10.4. The van der Waals surface area contributed by atoms with Gasteiger partial charge in [-0.1, -0.05) is 13.3 Å². The van der Waals surface area contributed by atoms with Crippen molar-refractivity contribution < 1.29 is 14.3 Å². The summed E-state index contributed by atoms with van der Waals surface area (Å²) in [5.41, 5.74) is 2.45. The first kappa shape index (κ1) is 23.8. The number of ether oxygens (including phenoxy) is 1. The number of amides is 2. The number of nitrogens with one attached hydrogen (secondary N) is 2. The van der Waals surface area contributed by atoms with Crippen LogP contribution < -0.4 is 15.4 Å². The molecule has 6 nitrogen and oxygen atoms in total. The zero-order chi connectivity index (χ0) is 23.4. The Balaban J connectivity index is 1.53. The Morgan fingerprint density at radius 3 is 2.64 bits per heavy atom. The second-order valence-electron chi connectivity index (χ2n) is 9.33. The Morgan fingerprint density at radius 2 is 1.91 bits per heavy atom. The minimum Gasteiger partial charge on any atom is -0.494 e. The molecule has 2 aromatic rings. The molecule has 0 bridgehead atoms. The van der Waals surface area contributed by atoms with E-state index >= 15 is 0 Å². The largest absolute Gasteiger partial charge is 0.494 e. The van der Waals surface area contributed by atoms with Gasteiger partial charge in [-0.15, -0.1) is 11.3 Å². The number of benzene rings is 1. The molecule has 1 aromatic heterocycles. The number of carbonyl (C=O) groups excluding carboxylic acids is 2. The number of carbonyl (C=O) groups is 2. The minimum atomic E-state index is -0.159. The third-order valence-electron chi connectivity index (χ3n) is 6.70. The molecule has 7 heteroatoms. The van der Waals surface area contributed by atoms with Crippen LogP contribution in [0, 0.1) is 5.92 Å². The Labute approximate surface area is 200 Å². The monoisotopic (exact) mass is 469 g/mol. The van der Waals surface area contributed by atoms with Crippen molar-refractivity contribution in [3.8, 4) is 5.75 Å². The first-order valence-corrected chi connectivity index (χ1v) is 13.0. The van der Waals surface area contributed by atoms with Crippen molar-refractivity contribution in [2.75, 3.05) is 30.3 Å². The quantitative estimate of drug-likeness (QED) is 0.574. The van der Waals surface area contributed by atoms with E-state index < -0.39 is 0 Å². The van der Waals surface area contributed by atoms with Crippen molar-refractivity contribution in [3.63, 3.8) is 0 Å². The molecule has 1 aliphatic carbocycles. The highest BCUT2D eigenvalue weighted by Gasteiger charge is 2.29. The smallest absolute Gasteiger partial charge is 0.258 e. The SMILES string of the molecule is CCOc1ccc(NC(=O)c2c(NC(=O)CN3CCCC[C@@H]3C)sc3c2CC[C@H](C)C3)cc1. The van der Waals surface area contributed by atoms with E-state index in [0.29, 0.717) is 41.4 Å². The van der Waals surface area contributed by atoms with Crippen molar-refractivity contribution in [1.29, 1.82) is 0 Å². The molecule has 0 unspecified atom stereocenters. The van der Waals surface area contributed by atoms with Crippen LogP contribution >= 0.6 is 11.3 Å². The van der Waals surface area contributed by atoms with Gasteiger partial charge in [-0.2, -0.15) is 0 Å². The second kappa shape index (κ2) is 10.7. The standard InChI is InChI=1S/C26H35N3O3S/c1-4-32-20-11-9-19(10-12-20)27-25(31)24-21-13-8-17(2)15-22(21)33-26(24)28-23(30)16-29-14-6-5-7-18(29)3/h9-12,17-18H,4-8,13-16H2,1-3H3,(H,27,31)(H,28,30)/t17-,18-/m0/s1. The fraction of sp³-hybridized carbons (Fsp3) is 0.538. The number of nitrogens with zero attached hydrogens (tertiary/aromatic N) is 1. The van der Waals surface area contributed by atoms with Gasteiger partial charge in [0.15, 0.2) is 0 Å². The van der Waals surface area contributed by atoms with Crippen LogP contribution in [0.25, 0.3) is 0 Å². The van der Waals surface area contributed by atoms with Crippen LogP contribution in [0.5, 0.6) is 5.75 Å². The van der Waals surface area contributed by atoms with E-state index in [1.165, 1.54) is 11.3 Å². The zero-order valence-corrected chi connectivity index (χ0v) is 20.7. The maximum absolute atomic E-state index is 13.4. The molecule has 2 amide bonds. The van der Waals surface area contributed by atoms with Gasteiger partial charge >= 0.3 is 0 Å². The van der Waals surface area contributed by atoms with Crippen LogP contribution in [0.1, 0.15) is 67.3 Å². The van der Waals surface area contributed by atoms with Crippen molar-refractivity contribution >= 4 is 33.8 Å². The van der Waals surface area contributed by atoms with Gasteiger partial charge in [0.2, 0.25) is 5.91 Å². The molecule has 1 aromatic carbocycles. The maximum atomic E-state index is 13.4. The number of rotatable bonds is 7. The normalized spacial score (nSPS) is 20.7. The first-order chi connectivity index (χ1) is 15.9. The average Bonchev–Trinajstić information content (AvgIpc) is 3.13. The highest BCUT2D eigenvalue weighted by atomic mass is 32.1. The lowest BCUT2D eigenvalue weighted by Crippen LogP contribution is -2.42. The third-order valence-corrected chi connectivity index (χ3v) is 7.87. The lowest BCUT2D eigenvalue weighted by atomic mass is 9.88. The predicted octanol–water partition coefficient (Wildman–Crippen LogP) is 5.34. The highest BCUT2D eigenvalue weighted by Crippen LogP contribution is 2.40. The number of piperidine rings is 1. The molecule has 2 aliphatic rings. The Morgan fingerprint density at radius 1 is 1.12 bits per heavy atom. The third kappa shape index (κ3) is 5.76. The summed E-state index contributed by atoms with van der Waals surface area (Å²) in [6.07, 6.45) is 6.39. The van der Waals surface area contributed by atoms with Crippen LogP contribution in [0.4, 0.5) is 10.7 Å². The summed E-state index contributed by atoms with van der Waals surface area (Å²) in [6, 6.07) is 7.82. The lowest BCUT2D eigenvalue weighted by Gasteiger charge is -2.32. The van der Waals surface area contributed by atoms with E-state index in [1.807, 2.05) is 31.2 Å². The molecule has 0 radical (unpaired) electrons. The van der Waals surface area contributed by atoms with Crippen LogP contribution in [0.15, 0.2) is 24.3 Å². The molecule has 4 rings (SSSR count). The summed E-state index contributed by atoms with van der Waals surface area (Å²) >= 11 is 1.57. The maximum Gasteiger partial charge on any atom is 0.258 e. The fourth-order valence-corrected chi connectivity index (χ4v) is 6.24. The van der Waals surface area contributed by atoms with E-state index in [9.17, 15) is 9.59 Å². The van der Waals surface area contributed by atoms with E-state index in [0.717, 1.165) is 50.0 Å². The van der Waals surface area contributed by atoms with Gasteiger partial charge in [0.25, 0.3) is 5.91 Å². The topological polar surface area (TPSA) is 70.7 Å². The summed E-state index contributed by atoms with van der Waals surface area (Å²) in [6.45, 7) is 8.31. The average molecular weight is 470 g/mol. The van der Waals surface area contributed by atoms with E-state index in [2.05, 4.69) is 29.4 Å². The molecule has 178 valence electrons. The predicted molar refractivity (Wildman–Crippen MR) is 135 cm³/mol. The van der Waals surface area contributed by atoms with Gasteiger partial charge in [-0.25, -0.2) is 0 Å². The van der Waals surface area contributed by atoms with Gasteiger partial charge in [0, 0.05) is 16.6 Å².